The zero-order valence-corrected chi connectivity index (χ0v) is 9.29. The van der Waals surface area contributed by atoms with Crippen molar-refractivity contribution in [3.63, 3.8) is 0 Å². The Bertz CT molecular complexity index is 398. The summed E-state index contributed by atoms with van der Waals surface area (Å²) < 4.78 is 25.1. The summed E-state index contributed by atoms with van der Waals surface area (Å²) in [6.45, 7) is 1.33. The van der Waals surface area contributed by atoms with Gasteiger partial charge in [0.2, 0.25) is 0 Å². The van der Waals surface area contributed by atoms with Gasteiger partial charge in [0.05, 0.1) is 16.3 Å². The monoisotopic (exact) mass is 280 g/mol. The Hall–Kier alpha value is -1.11. The Labute approximate surface area is 92.6 Å². The molecule has 4 nitrogen and oxygen atoms in total. The first kappa shape index (κ1) is 12.0. The number of alkyl halides is 3. The van der Waals surface area contributed by atoms with Crippen molar-refractivity contribution in [2.45, 2.75) is 18.7 Å². The normalized spacial score (nSPS) is 10.7. The van der Waals surface area contributed by atoms with Crippen LogP contribution >= 0.6 is 15.9 Å². The zero-order chi connectivity index (χ0) is 11.6. The van der Waals surface area contributed by atoms with Gasteiger partial charge in [-0.05, 0) is 6.92 Å². The largest absolute Gasteiger partial charge is 0.282 e. The molecule has 0 radical (unpaired) electrons. The van der Waals surface area contributed by atoms with Crippen molar-refractivity contribution in [3.05, 3.63) is 33.1 Å². The van der Waals surface area contributed by atoms with Crippen molar-refractivity contribution in [1.29, 1.82) is 0 Å². The molecule has 7 heteroatoms. The number of halogens is 3. The average Bonchev–Trinajstić information content (AvgIpc) is 2.15. The van der Waals surface area contributed by atoms with Crippen LogP contribution in [-0.2, 0) is 5.33 Å². The number of hydrogen-bond donors (Lipinski definition) is 0. The Kier molecular flexibility index (Phi) is 3.67. The topological polar surface area (TPSA) is 56.0 Å². The van der Waals surface area contributed by atoms with Gasteiger partial charge in [-0.1, -0.05) is 15.9 Å². The van der Waals surface area contributed by atoms with Crippen LogP contribution in [0, 0.1) is 17.0 Å². The molecule has 0 saturated carbocycles. The first-order valence-electron chi connectivity index (χ1n) is 3.96. The molecular formula is C8H7BrF2N2O2. The molecule has 1 heterocycles. The maximum Gasteiger partial charge on any atom is 0.282 e. The van der Waals surface area contributed by atoms with Crippen LogP contribution in [0.25, 0.3) is 0 Å². The number of nitro groups is 1. The van der Waals surface area contributed by atoms with Crippen LogP contribution in [0.2, 0.25) is 0 Å². The number of rotatable bonds is 3. The molecule has 0 aromatic carbocycles. The van der Waals surface area contributed by atoms with E-state index in [1.165, 1.54) is 6.92 Å². The summed E-state index contributed by atoms with van der Waals surface area (Å²) in [5.41, 5.74) is -0.825. The molecule has 0 aliphatic rings. The molecule has 82 valence electrons. The smallest absolute Gasteiger partial charge is 0.258 e. The summed E-state index contributed by atoms with van der Waals surface area (Å²) in [5.74, 6) is 0. The average molecular weight is 281 g/mol. The second kappa shape index (κ2) is 4.61. The maximum atomic E-state index is 12.5. The summed E-state index contributed by atoms with van der Waals surface area (Å²) in [5, 5.41) is 10.9. The highest BCUT2D eigenvalue weighted by molar-refractivity contribution is 9.08. The molecule has 0 bridgehead atoms. The standard InChI is InChI=1S/C8H7BrF2N2O2/c1-4-7(8(10)11)6(13(14)15)2-5(3-9)12-4/h2,8H,3H2,1H3. The number of nitrogens with zero attached hydrogens (tertiary/aromatic N) is 2. The molecule has 0 saturated heterocycles. The van der Waals surface area contributed by atoms with Gasteiger partial charge >= 0.3 is 0 Å². The van der Waals surface area contributed by atoms with Crippen molar-refractivity contribution in [1.82, 2.24) is 4.98 Å². The van der Waals surface area contributed by atoms with Crippen LogP contribution < -0.4 is 0 Å². The van der Waals surface area contributed by atoms with Crippen LogP contribution in [-0.4, -0.2) is 9.91 Å². The SMILES string of the molecule is Cc1nc(CBr)cc([N+](=O)[O-])c1C(F)F. The third-order valence-corrected chi connectivity index (χ3v) is 2.41. The minimum Gasteiger partial charge on any atom is -0.258 e. The molecule has 1 aromatic rings. The molecule has 1 rings (SSSR count). The van der Waals surface area contributed by atoms with E-state index in [1.807, 2.05) is 0 Å². The summed E-state index contributed by atoms with van der Waals surface area (Å²) in [6, 6.07) is 1.06. The van der Waals surface area contributed by atoms with E-state index in [4.69, 9.17) is 0 Å². The van der Waals surface area contributed by atoms with E-state index in [0.29, 0.717) is 5.69 Å². The lowest BCUT2D eigenvalue weighted by Crippen LogP contribution is -2.03. The number of aryl methyl sites for hydroxylation is 1. The van der Waals surface area contributed by atoms with Gasteiger partial charge in [-0.3, -0.25) is 15.1 Å². The molecule has 0 unspecified atom stereocenters. The fraction of sp³-hybridized carbons (Fsp3) is 0.375. The molecule has 0 atom stereocenters. The van der Waals surface area contributed by atoms with Crippen LogP contribution in [0.3, 0.4) is 0 Å². The second-order valence-corrected chi connectivity index (χ2v) is 3.38. The van der Waals surface area contributed by atoms with E-state index < -0.39 is 22.6 Å². The minimum absolute atomic E-state index is 0.00588. The molecule has 0 amide bonds. The van der Waals surface area contributed by atoms with Crippen LogP contribution in [0.15, 0.2) is 6.07 Å². The molecule has 0 aliphatic heterocycles. The fourth-order valence-corrected chi connectivity index (χ4v) is 1.51. The lowest BCUT2D eigenvalue weighted by atomic mass is 10.1. The molecule has 1 aromatic heterocycles. The van der Waals surface area contributed by atoms with Crippen molar-refractivity contribution in [3.8, 4) is 0 Å². The third-order valence-electron chi connectivity index (χ3n) is 1.83. The van der Waals surface area contributed by atoms with Crippen LogP contribution in [0.5, 0.6) is 0 Å². The quantitative estimate of drug-likeness (QED) is 0.486. The highest BCUT2D eigenvalue weighted by Crippen LogP contribution is 2.31. The van der Waals surface area contributed by atoms with Crippen molar-refractivity contribution in [2.75, 3.05) is 0 Å². The molecule has 15 heavy (non-hydrogen) atoms. The predicted molar refractivity (Wildman–Crippen MR) is 53.2 cm³/mol. The predicted octanol–water partition coefficient (Wildman–Crippen LogP) is 3.13. The lowest BCUT2D eigenvalue weighted by molar-refractivity contribution is -0.386. The van der Waals surface area contributed by atoms with Crippen molar-refractivity contribution < 1.29 is 13.7 Å². The Morgan fingerprint density at radius 2 is 2.27 bits per heavy atom. The second-order valence-electron chi connectivity index (χ2n) is 2.82. The summed E-state index contributed by atoms with van der Waals surface area (Å²) in [7, 11) is 0. The van der Waals surface area contributed by atoms with Crippen molar-refractivity contribution >= 4 is 21.6 Å². The van der Waals surface area contributed by atoms with Gasteiger partial charge in [0.1, 0.15) is 5.56 Å². The molecule has 0 N–H and O–H groups in total. The molecule has 0 spiro atoms. The van der Waals surface area contributed by atoms with E-state index >= 15 is 0 Å². The minimum atomic E-state index is -2.89. The first-order chi connectivity index (χ1) is 6.97. The van der Waals surface area contributed by atoms with E-state index in [2.05, 4.69) is 20.9 Å². The summed E-state index contributed by atoms with van der Waals surface area (Å²) in [4.78, 5) is 13.6. The van der Waals surface area contributed by atoms with Crippen molar-refractivity contribution in [2.24, 2.45) is 0 Å². The number of pyridine rings is 1. The lowest BCUT2D eigenvalue weighted by Gasteiger charge is -2.06. The fourth-order valence-electron chi connectivity index (χ4n) is 1.22. The Morgan fingerprint density at radius 1 is 1.67 bits per heavy atom. The Morgan fingerprint density at radius 3 is 2.67 bits per heavy atom. The van der Waals surface area contributed by atoms with Crippen LogP contribution in [0.4, 0.5) is 14.5 Å². The van der Waals surface area contributed by atoms with Gasteiger partial charge in [-0.2, -0.15) is 0 Å². The van der Waals surface area contributed by atoms with Gasteiger partial charge in [0, 0.05) is 11.4 Å². The number of hydrogen-bond acceptors (Lipinski definition) is 3. The highest BCUT2D eigenvalue weighted by Gasteiger charge is 2.25. The zero-order valence-electron chi connectivity index (χ0n) is 7.71. The van der Waals surface area contributed by atoms with Gasteiger partial charge in [0.25, 0.3) is 12.1 Å². The third kappa shape index (κ3) is 2.47. The first-order valence-corrected chi connectivity index (χ1v) is 5.08. The van der Waals surface area contributed by atoms with Gasteiger partial charge in [-0.15, -0.1) is 0 Å². The highest BCUT2D eigenvalue weighted by atomic mass is 79.9. The van der Waals surface area contributed by atoms with Gasteiger partial charge in [0.15, 0.2) is 0 Å². The Balaban J connectivity index is 3.42. The van der Waals surface area contributed by atoms with Gasteiger partial charge in [-0.25, -0.2) is 8.78 Å². The number of aromatic nitrogens is 1. The van der Waals surface area contributed by atoms with E-state index in [0.717, 1.165) is 6.07 Å². The van der Waals surface area contributed by atoms with E-state index in [9.17, 15) is 18.9 Å². The molecule has 0 aliphatic carbocycles. The summed E-state index contributed by atoms with van der Waals surface area (Å²) >= 11 is 3.06. The van der Waals surface area contributed by atoms with E-state index in [1.54, 1.807) is 0 Å². The molecular weight excluding hydrogens is 274 g/mol. The van der Waals surface area contributed by atoms with E-state index in [-0.39, 0.29) is 11.0 Å². The maximum absolute atomic E-state index is 12.5. The van der Waals surface area contributed by atoms with Gasteiger partial charge < -0.3 is 0 Å². The van der Waals surface area contributed by atoms with Crippen LogP contribution in [0.1, 0.15) is 23.4 Å². The summed E-state index contributed by atoms with van der Waals surface area (Å²) in [6.07, 6.45) is -2.89. The molecule has 0 fully saturated rings.